The van der Waals surface area contributed by atoms with Crippen molar-refractivity contribution in [3.63, 3.8) is 0 Å². The lowest BCUT2D eigenvalue weighted by Crippen LogP contribution is -2.19. The quantitative estimate of drug-likeness (QED) is 0.543. The number of allylic oxidation sites excluding steroid dienone is 3. The number of carbonyl (C=O) groups excluding carboxylic acids is 1. The van der Waals surface area contributed by atoms with Gasteiger partial charge in [-0.25, -0.2) is 0 Å². The maximum Gasteiger partial charge on any atom is 0.220 e. The van der Waals surface area contributed by atoms with Gasteiger partial charge in [0, 0.05) is 19.0 Å². The standard InChI is InChI=1S/C8H11NO/c1-7(10)9-8-5-3-2-4-6-8/h2-3,6H,4-5H2,1H3,(H,9,10). The first kappa shape index (κ1) is 7.06. The summed E-state index contributed by atoms with van der Waals surface area (Å²) in [5.41, 5.74) is 1.02. The fraction of sp³-hybridized carbons (Fsp3) is 0.375. The van der Waals surface area contributed by atoms with E-state index >= 15 is 0 Å². The minimum absolute atomic E-state index is 0.0153. The van der Waals surface area contributed by atoms with Crippen molar-refractivity contribution in [2.75, 3.05) is 0 Å². The zero-order chi connectivity index (χ0) is 7.40. The number of hydrogen-bond acceptors (Lipinski definition) is 1. The van der Waals surface area contributed by atoms with Crippen molar-refractivity contribution in [1.82, 2.24) is 5.32 Å². The maximum atomic E-state index is 10.5. The molecule has 0 saturated heterocycles. The van der Waals surface area contributed by atoms with E-state index in [1.807, 2.05) is 6.08 Å². The lowest BCUT2D eigenvalue weighted by Gasteiger charge is -2.07. The molecule has 54 valence electrons. The number of rotatable bonds is 1. The predicted octanol–water partition coefficient (Wildman–Crippen LogP) is 1.36. The van der Waals surface area contributed by atoms with Crippen LogP contribution in [0.1, 0.15) is 19.8 Å². The third kappa shape index (κ3) is 2.05. The Kier molecular flexibility index (Phi) is 2.26. The molecule has 2 heteroatoms. The van der Waals surface area contributed by atoms with Gasteiger partial charge in [-0.15, -0.1) is 0 Å². The van der Waals surface area contributed by atoms with Crippen molar-refractivity contribution in [2.24, 2.45) is 0 Å². The first-order valence-corrected chi connectivity index (χ1v) is 3.40. The van der Waals surface area contributed by atoms with Gasteiger partial charge in [0.2, 0.25) is 5.91 Å². The molecule has 1 amide bonds. The third-order valence-corrected chi connectivity index (χ3v) is 1.34. The Bertz CT molecular complexity index is 191. The second-order valence-corrected chi connectivity index (χ2v) is 2.32. The minimum Gasteiger partial charge on any atom is -0.330 e. The number of amides is 1. The van der Waals surface area contributed by atoms with Crippen LogP contribution in [0.5, 0.6) is 0 Å². The van der Waals surface area contributed by atoms with Gasteiger partial charge in [0.05, 0.1) is 0 Å². The predicted molar refractivity (Wildman–Crippen MR) is 40.3 cm³/mol. The molecular formula is C8H11NO. The molecule has 0 saturated carbocycles. The van der Waals surface area contributed by atoms with Gasteiger partial charge in [0.25, 0.3) is 0 Å². The number of hydrogen-bond donors (Lipinski definition) is 1. The highest BCUT2D eigenvalue weighted by atomic mass is 16.1. The molecule has 10 heavy (non-hydrogen) atoms. The zero-order valence-corrected chi connectivity index (χ0v) is 6.05. The molecule has 0 heterocycles. The molecule has 1 aliphatic rings. The van der Waals surface area contributed by atoms with Crippen LogP contribution in [-0.4, -0.2) is 5.91 Å². The molecule has 0 unspecified atom stereocenters. The summed E-state index contributed by atoms with van der Waals surface area (Å²) in [6.07, 6.45) is 7.98. The van der Waals surface area contributed by atoms with Crippen molar-refractivity contribution in [2.45, 2.75) is 19.8 Å². The van der Waals surface area contributed by atoms with E-state index in [1.54, 1.807) is 0 Å². The Morgan fingerprint density at radius 2 is 2.40 bits per heavy atom. The van der Waals surface area contributed by atoms with E-state index in [1.165, 1.54) is 6.92 Å². The number of nitrogens with one attached hydrogen (secondary N) is 1. The summed E-state index contributed by atoms with van der Waals surface area (Å²) in [4.78, 5) is 10.5. The van der Waals surface area contributed by atoms with Crippen molar-refractivity contribution in [1.29, 1.82) is 0 Å². The average Bonchev–Trinajstić information content (AvgIpc) is 1.88. The van der Waals surface area contributed by atoms with Crippen molar-refractivity contribution in [3.8, 4) is 0 Å². The summed E-state index contributed by atoms with van der Waals surface area (Å²) in [6.45, 7) is 1.53. The monoisotopic (exact) mass is 137 g/mol. The second kappa shape index (κ2) is 3.20. The Balaban J connectivity index is 2.41. The Hall–Kier alpha value is -1.05. The highest BCUT2D eigenvalue weighted by Gasteiger charge is 1.98. The van der Waals surface area contributed by atoms with Crippen molar-refractivity contribution in [3.05, 3.63) is 23.9 Å². The molecule has 0 spiro atoms. The van der Waals surface area contributed by atoms with E-state index in [0.717, 1.165) is 18.5 Å². The zero-order valence-electron chi connectivity index (χ0n) is 6.05. The van der Waals surface area contributed by atoms with E-state index < -0.39 is 0 Å². The minimum atomic E-state index is 0.0153. The molecule has 1 rings (SSSR count). The van der Waals surface area contributed by atoms with Crippen LogP contribution in [0.4, 0.5) is 0 Å². The highest BCUT2D eigenvalue weighted by Crippen LogP contribution is 2.06. The van der Waals surface area contributed by atoms with Crippen LogP contribution in [0.15, 0.2) is 23.9 Å². The molecule has 0 aromatic rings. The molecular weight excluding hydrogens is 126 g/mol. The summed E-state index contributed by atoms with van der Waals surface area (Å²) in [6, 6.07) is 0. The Labute approximate surface area is 60.6 Å². The fourth-order valence-electron chi connectivity index (χ4n) is 0.928. The second-order valence-electron chi connectivity index (χ2n) is 2.32. The normalized spacial score (nSPS) is 16.3. The van der Waals surface area contributed by atoms with Gasteiger partial charge in [-0.3, -0.25) is 4.79 Å². The maximum absolute atomic E-state index is 10.5. The van der Waals surface area contributed by atoms with Gasteiger partial charge in [-0.05, 0) is 6.42 Å². The van der Waals surface area contributed by atoms with E-state index in [2.05, 4.69) is 17.5 Å². The SMILES string of the molecule is CC(=O)NC1=CCC=CC1. The molecule has 1 aliphatic carbocycles. The molecule has 1 N–H and O–H groups in total. The first-order valence-electron chi connectivity index (χ1n) is 3.40. The molecule has 0 radical (unpaired) electrons. The van der Waals surface area contributed by atoms with Gasteiger partial charge >= 0.3 is 0 Å². The van der Waals surface area contributed by atoms with Gasteiger partial charge in [0.1, 0.15) is 0 Å². The summed E-state index contributed by atoms with van der Waals surface area (Å²) in [7, 11) is 0. The summed E-state index contributed by atoms with van der Waals surface area (Å²) < 4.78 is 0. The van der Waals surface area contributed by atoms with Crippen LogP contribution in [0.3, 0.4) is 0 Å². The average molecular weight is 137 g/mol. The van der Waals surface area contributed by atoms with E-state index in [-0.39, 0.29) is 5.91 Å². The van der Waals surface area contributed by atoms with Gasteiger partial charge < -0.3 is 5.32 Å². The van der Waals surface area contributed by atoms with Gasteiger partial charge in [-0.1, -0.05) is 18.2 Å². The Morgan fingerprint density at radius 3 is 2.90 bits per heavy atom. The third-order valence-electron chi connectivity index (χ3n) is 1.34. The molecule has 0 bridgehead atoms. The van der Waals surface area contributed by atoms with Crippen molar-refractivity contribution >= 4 is 5.91 Å². The van der Waals surface area contributed by atoms with Gasteiger partial charge in [-0.2, -0.15) is 0 Å². The molecule has 0 fully saturated rings. The van der Waals surface area contributed by atoms with Crippen LogP contribution >= 0.6 is 0 Å². The van der Waals surface area contributed by atoms with E-state index in [4.69, 9.17) is 0 Å². The molecule has 0 aliphatic heterocycles. The van der Waals surface area contributed by atoms with Crippen molar-refractivity contribution < 1.29 is 4.79 Å². The summed E-state index contributed by atoms with van der Waals surface area (Å²) >= 11 is 0. The molecule has 2 nitrogen and oxygen atoms in total. The molecule has 0 aromatic carbocycles. The Morgan fingerprint density at radius 1 is 1.60 bits per heavy atom. The summed E-state index contributed by atoms with van der Waals surface area (Å²) in [5.74, 6) is 0.0153. The number of carbonyl (C=O) groups is 1. The van der Waals surface area contributed by atoms with Crippen LogP contribution < -0.4 is 5.32 Å². The largest absolute Gasteiger partial charge is 0.330 e. The smallest absolute Gasteiger partial charge is 0.220 e. The van der Waals surface area contributed by atoms with E-state index in [9.17, 15) is 4.79 Å². The highest BCUT2D eigenvalue weighted by molar-refractivity contribution is 5.74. The lowest BCUT2D eigenvalue weighted by molar-refractivity contribution is -0.118. The topological polar surface area (TPSA) is 29.1 Å². The van der Waals surface area contributed by atoms with Gasteiger partial charge in [0.15, 0.2) is 0 Å². The molecule has 0 atom stereocenters. The lowest BCUT2D eigenvalue weighted by atomic mass is 10.1. The summed E-state index contributed by atoms with van der Waals surface area (Å²) in [5, 5.41) is 2.75. The van der Waals surface area contributed by atoms with Crippen LogP contribution in [0.25, 0.3) is 0 Å². The van der Waals surface area contributed by atoms with Crippen LogP contribution in [-0.2, 0) is 4.79 Å². The molecule has 0 aromatic heterocycles. The van der Waals surface area contributed by atoms with Crippen LogP contribution in [0.2, 0.25) is 0 Å². The fourth-order valence-corrected chi connectivity index (χ4v) is 0.928. The first-order chi connectivity index (χ1) is 4.79. The van der Waals surface area contributed by atoms with E-state index in [0.29, 0.717) is 0 Å². The van der Waals surface area contributed by atoms with Crippen LogP contribution in [0, 0.1) is 0 Å².